The van der Waals surface area contributed by atoms with Crippen LogP contribution in [0.15, 0.2) is 0 Å². The van der Waals surface area contributed by atoms with Crippen LogP contribution in [0.2, 0.25) is 0 Å². The lowest BCUT2D eigenvalue weighted by Crippen LogP contribution is -2.45. The van der Waals surface area contributed by atoms with Gasteiger partial charge in [0.2, 0.25) is 5.91 Å². The standard InChI is InChI=1S/C12H19N3O5/c16-10-7-15(5-1-4-13-10)12(19)14-6-8-2-3-9(20-8)11(17)18/h8-9H,1-7H2,(H,13,16)(H,14,19)(H,17,18). The topological polar surface area (TPSA) is 108 Å². The molecule has 0 saturated carbocycles. The van der Waals surface area contributed by atoms with Gasteiger partial charge in [-0.2, -0.15) is 0 Å². The molecule has 20 heavy (non-hydrogen) atoms. The number of hydrogen-bond donors (Lipinski definition) is 3. The fourth-order valence-electron chi connectivity index (χ4n) is 2.33. The number of hydrogen-bond acceptors (Lipinski definition) is 4. The first-order valence-corrected chi connectivity index (χ1v) is 6.74. The number of carboxylic acids is 1. The Labute approximate surface area is 116 Å². The minimum atomic E-state index is -0.969. The molecular formula is C12H19N3O5. The van der Waals surface area contributed by atoms with Crippen LogP contribution in [0.25, 0.3) is 0 Å². The highest BCUT2D eigenvalue weighted by Crippen LogP contribution is 2.19. The van der Waals surface area contributed by atoms with E-state index in [2.05, 4.69) is 10.6 Å². The van der Waals surface area contributed by atoms with E-state index in [1.54, 1.807) is 0 Å². The maximum Gasteiger partial charge on any atom is 0.332 e. The molecule has 0 spiro atoms. The quantitative estimate of drug-likeness (QED) is 0.626. The van der Waals surface area contributed by atoms with Crippen LogP contribution in [-0.4, -0.2) is 66.3 Å². The molecule has 112 valence electrons. The van der Waals surface area contributed by atoms with Gasteiger partial charge >= 0.3 is 12.0 Å². The smallest absolute Gasteiger partial charge is 0.332 e. The van der Waals surface area contributed by atoms with Gasteiger partial charge in [-0.25, -0.2) is 9.59 Å². The number of ether oxygens (including phenoxy) is 1. The summed E-state index contributed by atoms with van der Waals surface area (Å²) in [6.07, 6.45) is 0.738. The molecule has 2 fully saturated rings. The zero-order chi connectivity index (χ0) is 14.5. The number of nitrogens with one attached hydrogen (secondary N) is 2. The molecule has 0 bridgehead atoms. The van der Waals surface area contributed by atoms with E-state index in [1.807, 2.05) is 0 Å². The molecule has 8 nitrogen and oxygen atoms in total. The van der Waals surface area contributed by atoms with Crippen LogP contribution in [0.5, 0.6) is 0 Å². The summed E-state index contributed by atoms with van der Waals surface area (Å²) >= 11 is 0. The number of aliphatic carboxylic acids is 1. The molecular weight excluding hydrogens is 266 g/mol. The van der Waals surface area contributed by atoms with Crippen LogP contribution in [0.4, 0.5) is 4.79 Å². The third-order valence-electron chi connectivity index (χ3n) is 3.41. The first kappa shape index (κ1) is 14.6. The number of amides is 3. The lowest BCUT2D eigenvalue weighted by Gasteiger charge is -2.21. The zero-order valence-electron chi connectivity index (χ0n) is 11.1. The van der Waals surface area contributed by atoms with Gasteiger partial charge in [0.15, 0.2) is 6.10 Å². The predicted molar refractivity (Wildman–Crippen MR) is 68.1 cm³/mol. The van der Waals surface area contributed by atoms with Crippen molar-refractivity contribution in [2.24, 2.45) is 0 Å². The molecule has 2 atom stereocenters. The molecule has 2 aliphatic rings. The molecule has 3 N–H and O–H groups in total. The highest BCUT2D eigenvalue weighted by Gasteiger charge is 2.31. The van der Waals surface area contributed by atoms with Crippen molar-refractivity contribution in [3.05, 3.63) is 0 Å². The number of carbonyl (C=O) groups is 3. The van der Waals surface area contributed by atoms with Crippen molar-refractivity contribution >= 4 is 17.9 Å². The second-order valence-electron chi connectivity index (χ2n) is 4.97. The van der Waals surface area contributed by atoms with Crippen molar-refractivity contribution in [3.8, 4) is 0 Å². The van der Waals surface area contributed by atoms with Crippen LogP contribution in [0.1, 0.15) is 19.3 Å². The summed E-state index contributed by atoms with van der Waals surface area (Å²) in [6, 6.07) is -0.315. The Balaban J connectivity index is 1.75. The Kier molecular flexibility index (Phi) is 4.78. The molecule has 2 heterocycles. The van der Waals surface area contributed by atoms with Crippen LogP contribution in [-0.2, 0) is 14.3 Å². The average molecular weight is 285 g/mol. The molecule has 3 amide bonds. The second-order valence-corrected chi connectivity index (χ2v) is 4.97. The summed E-state index contributed by atoms with van der Waals surface area (Å²) in [5.74, 6) is -1.14. The number of nitrogens with zero attached hydrogens (tertiary/aromatic N) is 1. The normalized spacial score (nSPS) is 26.8. The monoisotopic (exact) mass is 285 g/mol. The van der Waals surface area contributed by atoms with E-state index in [0.29, 0.717) is 25.9 Å². The Hall–Kier alpha value is -1.83. The van der Waals surface area contributed by atoms with Gasteiger partial charge in [-0.1, -0.05) is 0 Å². The molecule has 0 radical (unpaired) electrons. The molecule has 0 aromatic carbocycles. The van der Waals surface area contributed by atoms with E-state index in [9.17, 15) is 14.4 Å². The molecule has 2 saturated heterocycles. The molecule has 2 rings (SSSR count). The number of urea groups is 1. The largest absolute Gasteiger partial charge is 0.479 e. The highest BCUT2D eigenvalue weighted by atomic mass is 16.5. The van der Waals surface area contributed by atoms with Crippen molar-refractivity contribution in [1.82, 2.24) is 15.5 Å². The molecule has 0 aliphatic carbocycles. The summed E-state index contributed by atoms with van der Waals surface area (Å²) in [6.45, 7) is 1.42. The van der Waals surface area contributed by atoms with Gasteiger partial charge in [-0.15, -0.1) is 0 Å². The van der Waals surface area contributed by atoms with Crippen molar-refractivity contribution in [3.63, 3.8) is 0 Å². The third-order valence-corrected chi connectivity index (χ3v) is 3.41. The van der Waals surface area contributed by atoms with Gasteiger partial charge in [-0.05, 0) is 19.3 Å². The van der Waals surface area contributed by atoms with E-state index in [1.165, 1.54) is 4.90 Å². The molecule has 0 aromatic heterocycles. The Bertz CT molecular complexity index is 401. The summed E-state index contributed by atoms with van der Waals surface area (Å²) in [4.78, 5) is 35.5. The zero-order valence-corrected chi connectivity index (χ0v) is 11.1. The van der Waals surface area contributed by atoms with Crippen molar-refractivity contribution in [1.29, 1.82) is 0 Å². The summed E-state index contributed by atoms with van der Waals surface area (Å²) in [7, 11) is 0. The minimum Gasteiger partial charge on any atom is -0.479 e. The lowest BCUT2D eigenvalue weighted by atomic mass is 10.2. The van der Waals surface area contributed by atoms with Gasteiger partial charge in [0.05, 0.1) is 6.10 Å². The number of rotatable bonds is 3. The van der Waals surface area contributed by atoms with E-state index < -0.39 is 12.1 Å². The number of carboxylic acid groups (broad SMARTS) is 1. The molecule has 8 heteroatoms. The van der Waals surface area contributed by atoms with E-state index in [0.717, 1.165) is 6.42 Å². The second kappa shape index (κ2) is 6.56. The van der Waals surface area contributed by atoms with E-state index in [4.69, 9.17) is 9.84 Å². The van der Waals surface area contributed by atoms with Crippen LogP contribution in [0.3, 0.4) is 0 Å². The van der Waals surface area contributed by atoms with Crippen LogP contribution >= 0.6 is 0 Å². The van der Waals surface area contributed by atoms with Gasteiger partial charge in [0, 0.05) is 19.6 Å². The maximum atomic E-state index is 11.9. The Morgan fingerprint density at radius 2 is 2.25 bits per heavy atom. The van der Waals surface area contributed by atoms with Gasteiger partial charge < -0.3 is 25.4 Å². The average Bonchev–Trinajstić information content (AvgIpc) is 2.78. The highest BCUT2D eigenvalue weighted by molar-refractivity contribution is 5.84. The predicted octanol–water partition coefficient (Wildman–Crippen LogP) is -0.850. The fraction of sp³-hybridized carbons (Fsp3) is 0.750. The van der Waals surface area contributed by atoms with Crippen LogP contribution < -0.4 is 10.6 Å². The van der Waals surface area contributed by atoms with E-state index in [-0.39, 0.29) is 31.1 Å². The summed E-state index contributed by atoms with van der Waals surface area (Å²) in [5.41, 5.74) is 0. The minimum absolute atomic E-state index is 0.0507. The van der Waals surface area contributed by atoms with E-state index >= 15 is 0 Å². The molecule has 2 unspecified atom stereocenters. The Morgan fingerprint density at radius 3 is 2.95 bits per heavy atom. The fourth-order valence-corrected chi connectivity index (χ4v) is 2.33. The lowest BCUT2D eigenvalue weighted by molar-refractivity contribution is -0.149. The van der Waals surface area contributed by atoms with Gasteiger partial charge in [0.25, 0.3) is 0 Å². The van der Waals surface area contributed by atoms with Gasteiger partial charge in [-0.3, -0.25) is 4.79 Å². The molecule has 2 aliphatic heterocycles. The SMILES string of the molecule is O=C1CN(C(=O)NCC2CCC(C(=O)O)O2)CCCN1. The number of carbonyl (C=O) groups excluding carboxylic acids is 2. The van der Waals surface area contributed by atoms with Crippen molar-refractivity contribution in [2.45, 2.75) is 31.5 Å². The Morgan fingerprint density at radius 1 is 1.45 bits per heavy atom. The van der Waals surface area contributed by atoms with Crippen molar-refractivity contribution in [2.75, 3.05) is 26.2 Å². The van der Waals surface area contributed by atoms with Crippen LogP contribution in [0, 0.1) is 0 Å². The first-order chi connectivity index (χ1) is 9.56. The first-order valence-electron chi connectivity index (χ1n) is 6.74. The molecule has 0 aromatic rings. The third kappa shape index (κ3) is 3.83. The summed E-state index contributed by atoms with van der Waals surface area (Å²) < 4.78 is 5.29. The van der Waals surface area contributed by atoms with Gasteiger partial charge in [0.1, 0.15) is 6.54 Å². The van der Waals surface area contributed by atoms with Crippen molar-refractivity contribution < 1.29 is 24.2 Å². The summed E-state index contributed by atoms with van der Waals surface area (Å²) in [5, 5.41) is 14.2. The maximum absolute atomic E-state index is 11.9.